The largest absolute Gasteiger partial charge is 0.481 e. The first-order chi connectivity index (χ1) is 13.6. The van der Waals surface area contributed by atoms with Crippen LogP contribution in [0.25, 0.3) is 28.2 Å². The first-order valence-electron chi connectivity index (χ1n) is 8.84. The number of carboxylic acids is 1. The standard InChI is InChI=1S/C23H17FN2O2/c24-18-11-13-19(14-12-18)26-23(17-9-5-2-6-10-17)20(15-21(27)28)22(25-26)16-7-3-1-4-8-16/h1-14H,15H2,(H,27,28). The topological polar surface area (TPSA) is 55.1 Å². The molecule has 3 aromatic carbocycles. The van der Waals surface area contributed by atoms with Gasteiger partial charge >= 0.3 is 5.97 Å². The lowest BCUT2D eigenvalue weighted by atomic mass is 9.99. The number of carbonyl (C=O) groups is 1. The van der Waals surface area contributed by atoms with Crippen molar-refractivity contribution in [3.05, 3.63) is 96.3 Å². The molecule has 4 rings (SSSR count). The van der Waals surface area contributed by atoms with Crippen molar-refractivity contribution >= 4 is 5.97 Å². The van der Waals surface area contributed by atoms with Crippen molar-refractivity contribution < 1.29 is 14.3 Å². The van der Waals surface area contributed by atoms with Crippen LogP contribution in [0.2, 0.25) is 0 Å². The van der Waals surface area contributed by atoms with Crippen molar-refractivity contribution in [2.45, 2.75) is 6.42 Å². The van der Waals surface area contributed by atoms with Crippen LogP contribution < -0.4 is 0 Å². The number of carboxylic acid groups (broad SMARTS) is 1. The molecule has 0 aliphatic carbocycles. The van der Waals surface area contributed by atoms with Gasteiger partial charge in [0.1, 0.15) is 5.82 Å². The highest BCUT2D eigenvalue weighted by Crippen LogP contribution is 2.34. The first-order valence-corrected chi connectivity index (χ1v) is 8.84. The van der Waals surface area contributed by atoms with Crippen LogP contribution in [0.4, 0.5) is 4.39 Å². The SMILES string of the molecule is O=C(O)Cc1c(-c2ccccc2)nn(-c2ccc(F)cc2)c1-c1ccccc1. The Morgan fingerprint density at radius 1 is 0.857 bits per heavy atom. The molecule has 0 spiro atoms. The summed E-state index contributed by atoms with van der Waals surface area (Å²) < 4.78 is 15.1. The van der Waals surface area contributed by atoms with E-state index < -0.39 is 5.97 Å². The Bertz CT molecular complexity index is 1100. The molecule has 5 heteroatoms. The molecule has 138 valence electrons. The van der Waals surface area contributed by atoms with Crippen LogP contribution >= 0.6 is 0 Å². The van der Waals surface area contributed by atoms with Gasteiger partial charge in [0.15, 0.2) is 0 Å². The minimum atomic E-state index is -0.937. The van der Waals surface area contributed by atoms with Gasteiger partial charge in [-0.15, -0.1) is 0 Å². The van der Waals surface area contributed by atoms with E-state index in [0.717, 1.165) is 11.1 Å². The molecule has 0 saturated carbocycles. The summed E-state index contributed by atoms with van der Waals surface area (Å²) >= 11 is 0. The van der Waals surface area contributed by atoms with E-state index >= 15 is 0 Å². The number of nitrogens with zero attached hydrogens (tertiary/aromatic N) is 2. The van der Waals surface area contributed by atoms with Crippen molar-refractivity contribution in [2.24, 2.45) is 0 Å². The van der Waals surface area contributed by atoms with Crippen molar-refractivity contribution in [1.29, 1.82) is 0 Å². The number of benzene rings is 3. The molecule has 4 aromatic rings. The third-order valence-corrected chi connectivity index (χ3v) is 4.48. The Morgan fingerprint density at radius 2 is 1.43 bits per heavy atom. The van der Waals surface area contributed by atoms with E-state index in [4.69, 9.17) is 5.10 Å². The molecule has 1 heterocycles. The molecule has 1 N–H and O–H groups in total. The maximum atomic E-state index is 13.4. The van der Waals surface area contributed by atoms with Crippen LogP contribution in [0.5, 0.6) is 0 Å². The van der Waals surface area contributed by atoms with E-state index in [1.165, 1.54) is 12.1 Å². The minimum Gasteiger partial charge on any atom is -0.481 e. The van der Waals surface area contributed by atoms with Crippen molar-refractivity contribution in [3.63, 3.8) is 0 Å². The zero-order valence-electron chi connectivity index (χ0n) is 14.9. The molecule has 0 aliphatic heterocycles. The molecule has 0 atom stereocenters. The number of aliphatic carboxylic acids is 1. The number of rotatable bonds is 5. The lowest BCUT2D eigenvalue weighted by Crippen LogP contribution is -2.04. The van der Waals surface area contributed by atoms with Crippen LogP contribution in [-0.4, -0.2) is 20.9 Å². The summed E-state index contributed by atoms with van der Waals surface area (Å²) in [6.45, 7) is 0. The van der Waals surface area contributed by atoms with Crippen molar-refractivity contribution in [2.75, 3.05) is 0 Å². The van der Waals surface area contributed by atoms with E-state index in [9.17, 15) is 14.3 Å². The second-order valence-electron chi connectivity index (χ2n) is 6.37. The second kappa shape index (κ2) is 7.48. The molecule has 0 radical (unpaired) electrons. The monoisotopic (exact) mass is 372 g/mol. The Hall–Kier alpha value is -3.73. The van der Waals surface area contributed by atoms with E-state index in [0.29, 0.717) is 22.6 Å². The Labute approximate surface area is 161 Å². The van der Waals surface area contributed by atoms with E-state index in [1.807, 2.05) is 60.7 Å². The fourth-order valence-corrected chi connectivity index (χ4v) is 3.26. The lowest BCUT2D eigenvalue weighted by molar-refractivity contribution is -0.136. The molecular formula is C23H17FN2O2. The zero-order chi connectivity index (χ0) is 19.5. The average Bonchev–Trinajstić information content (AvgIpc) is 3.08. The van der Waals surface area contributed by atoms with Crippen LogP contribution in [0.3, 0.4) is 0 Å². The van der Waals surface area contributed by atoms with Gasteiger partial charge in [-0.05, 0) is 24.3 Å². The van der Waals surface area contributed by atoms with Gasteiger partial charge < -0.3 is 5.11 Å². The highest BCUT2D eigenvalue weighted by atomic mass is 19.1. The van der Waals surface area contributed by atoms with Crippen LogP contribution in [0.1, 0.15) is 5.56 Å². The molecule has 28 heavy (non-hydrogen) atoms. The highest BCUT2D eigenvalue weighted by molar-refractivity contribution is 5.82. The summed E-state index contributed by atoms with van der Waals surface area (Å²) in [7, 11) is 0. The second-order valence-corrected chi connectivity index (χ2v) is 6.37. The van der Waals surface area contributed by atoms with Crippen LogP contribution in [-0.2, 0) is 11.2 Å². The van der Waals surface area contributed by atoms with Crippen molar-refractivity contribution in [3.8, 4) is 28.2 Å². The molecule has 0 bridgehead atoms. The predicted octanol–water partition coefficient (Wildman–Crippen LogP) is 4.97. The van der Waals surface area contributed by atoms with Gasteiger partial charge in [0, 0.05) is 16.7 Å². The van der Waals surface area contributed by atoms with Gasteiger partial charge in [0.2, 0.25) is 0 Å². The van der Waals surface area contributed by atoms with Gasteiger partial charge in [-0.25, -0.2) is 9.07 Å². The molecule has 0 saturated heterocycles. The molecule has 0 fully saturated rings. The molecule has 4 nitrogen and oxygen atoms in total. The summed E-state index contributed by atoms with van der Waals surface area (Å²) in [6, 6.07) is 25.0. The Morgan fingerprint density at radius 3 is 2.00 bits per heavy atom. The average molecular weight is 372 g/mol. The van der Waals surface area contributed by atoms with E-state index in [2.05, 4.69) is 0 Å². The summed E-state index contributed by atoms with van der Waals surface area (Å²) in [5.74, 6) is -1.28. The molecular weight excluding hydrogens is 355 g/mol. The summed E-state index contributed by atoms with van der Waals surface area (Å²) in [5.41, 5.74) is 4.25. The maximum absolute atomic E-state index is 13.4. The maximum Gasteiger partial charge on any atom is 0.307 e. The van der Waals surface area contributed by atoms with Gasteiger partial charge in [-0.3, -0.25) is 4.79 Å². The Kier molecular flexibility index (Phi) is 4.72. The number of halogens is 1. The van der Waals surface area contributed by atoms with E-state index in [1.54, 1.807) is 16.8 Å². The van der Waals surface area contributed by atoms with Gasteiger partial charge in [-0.1, -0.05) is 60.7 Å². The fourth-order valence-electron chi connectivity index (χ4n) is 3.26. The van der Waals surface area contributed by atoms with Gasteiger partial charge in [0.25, 0.3) is 0 Å². The van der Waals surface area contributed by atoms with Crippen molar-refractivity contribution in [1.82, 2.24) is 9.78 Å². The lowest BCUT2D eigenvalue weighted by Gasteiger charge is -2.09. The molecule has 0 unspecified atom stereocenters. The normalized spacial score (nSPS) is 10.8. The first kappa shape index (κ1) is 17.7. The quantitative estimate of drug-likeness (QED) is 0.538. The number of hydrogen-bond acceptors (Lipinski definition) is 2. The minimum absolute atomic E-state index is 0.171. The highest BCUT2D eigenvalue weighted by Gasteiger charge is 2.23. The molecule has 0 amide bonds. The third kappa shape index (κ3) is 3.42. The number of aromatic nitrogens is 2. The predicted molar refractivity (Wildman–Crippen MR) is 106 cm³/mol. The van der Waals surface area contributed by atoms with Crippen LogP contribution in [0.15, 0.2) is 84.9 Å². The fraction of sp³-hybridized carbons (Fsp3) is 0.0435. The molecule has 1 aromatic heterocycles. The zero-order valence-corrected chi connectivity index (χ0v) is 14.9. The smallest absolute Gasteiger partial charge is 0.307 e. The number of hydrogen-bond donors (Lipinski definition) is 1. The molecule has 0 aliphatic rings. The summed E-state index contributed by atoms with van der Waals surface area (Å²) in [4.78, 5) is 11.6. The third-order valence-electron chi connectivity index (χ3n) is 4.48. The Balaban J connectivity index is 2.03. The van der Waals surface area contributed by atoms with Gasteiger partial charge in [-0.2, -0.15) is 5.10 Å². The summed E-state index contributed by atoms with van der Waals surface area (Å²) in [5, 5.41) is 14.3. The summed E-state index contributed by atoms with van der Waals surface area (Å²) in [6.07, 6.45) is -0.171. The van der Waals surface area contributed by atoms with Gasteiger partial charge in [0.05, 0.1) is 23.5 Å². The van der Waals surface area contributed by atoms with Crippen LogP contribution in [0, 0.1) is 5.82 Å². The van der Waals surface area contributed by atoms with E-state index in [-0.39, 0.29) is 12.2 Å².